The number of carbonyl (C=O) groups is 1. The van der Waals surface area contributed by atoms with Gasteiger partial charge in [-0.15, -0.1) is 17.9 Å². The maximum Gasteiger partial charge on any atom is 0.235 e. The number of rotatable bonds is 6. The van der Waals surface area contributed by atoms with Gasteiger partial charge >= 0.3 is 0 Å². The summed E-state index contributed by atoms with van der Waals surface area (Å²) < 4.78 is 5.80. The number of aromatic nitrogens is 2. The molecule has 6 heteroatoms. The lowest BCUT2D eigenvalue weighted by Crippen LogP contribution is -2.32. The Labute approximate surface area is 168 Å². The molecule has 0 atom stereocenters. The van der Waals surface area contributed by atoms with Gasteiger partial charge in [-0.2, -0.15) is 0 Å². The average Bonchev–Trinajstić information content (AvgIpc) is 3.30. The minimum absolute atomic E-state index is 0.0398. The van der Waals surface area contributed by atoms with Gasteiger partial charge in [-0.3, -0.25) is 9.69 Å². The van der Waals surface area contributed by atoms with Gasteiger partial charge < -0.3 is 4.42 Å². The molecule has 0 bridgehead atoms. The second-order valence-electron chi connectivity index (χ2n) is 6.93. The van der Waals surface area contributed by atoms with E-state index in [1.54, 1.807) is 22.3 Å². The molecule has 2 heterocycles. The van der Waals surface area contributed by atoms with Gasteiger partial charge in [-0.25, -0.2) is 9.97 Å². The molecule has 0 aliphatic heterocycles. The number of aryl methyl sites for hydroxylation is 3. The van der Waals surface area contributed by atoms with Crippen molar-refractivity contribution in [1.82, 2.24) is 9.97 Å². The molecule has 1 aromatic carbocycles. The number of anilines is 1. The molecule has 0 radical (unpaired) electrons. The summed E-state index contributed by atoms with van der Waals surface area (Å²) >= 11 is 1.63. The summed E-state index contributed by atoms with van der Waals surface area (Å²) in [6, 6.07) is 9.72. The number of amides is 1. The van der Waals surface area contributed by atoms with Crippen LogP contribution in [0.25, 0.3) is 11.5 Å². The third kappa shape index (κ3) is 3.78. The zero-order valence-electron chi connectivity index (χ0n) is 16.0. The highest BCUT2D eigenvalue weighted by Gasteiger charge is 2.24. The summed E-state index contributed by atoms with van der Waals surface area (Å²) in [4.78, 5) is 25.4. The molecule has 5 nitrogen and oxygen atoms in total. The highest BCUT2D eigenvalue weighted by Crippen LogP contribution is 2.32. The zero-order valence-corrected chi connectivity index (χ0v) is 16.8. The fraction of sp³-hybridized carbons (Fsp3) is 0.318. The molecule has 2 aromatic heterocycles. The smallest absolute Gasteiger partial charge is 0.235 e. The Kier molecular flexibility index (Phi) is 5.39. The predicted octanol–water partition coefficient (Wildman–Crippen LogP) is 4.75. The van der Waals surface area contributed by atoms with Crippen molar-refractivity contribution in [3.63, 3.8) is 0 Å². The molecule has 144 valence electrons. The van der Waals surface area contributed by atoms with Crippen molar-refractivity contribution in [3.05, 3.63) is 65.0 Å². The molecule has 0 unspecified atom stereocenters. The van der Waals surface area contributed by atoms with Crippen molar-refractivity contribution in [2.45, 2.75) is 39.0 Å². The van der Waals surface area contributed by atoms with Crippen LogP contribution in [0.3, 0.4) is 0 Å². The van der Waals surface area contributed by atoms with Crippen LogP contribution in [0.15, 0.2) is 47.4 Å². The summed E-state index contributed by atoms with van der Waals surface area (Å²) in [5.41, 5.74) is 2.72. The molecule has 0 N–H and O–H groups in total. The second kappa shape index (κ2) is 8.10. The van der Waals surface area contributed by atoms with Crippen LogP contribution in [0.2, 0.25) is 0 Å². The molecule has 3 aromatic rings. The minimum Gasteiger partial charge on any atom is -0.441 e. The first-order valence-corrected chi connectivity index (χ1v) is 10.4. The number of hydrogen-bond acceptors (Lipinski definition) is 5. The summed E-state index contributed by atoms with van der Waals surface area (Å²) in [5.74, 6) is 1.17. The van der Waals surface area contributed by atoms with Gasteiger partial charge in [-0.05, 0) is 44.7 Å². The van der Waals surface area contributed by atoms with Gasteiger partial charge in [0.05, 0.1) is 17.8 Å². The monoisotopic (exact) mass is 393 g/mol. The fourth-order valence-electron chi connectivity index (χ4n) is 3.40. The molecule has 0 saturated carbocycles. The van der Waals surface area contributed by atoms with Gasteiger partial charge in [0, 0.05) is 17.0 Å². The van der Waals surface area contributed by atoms with E-state index in [0.29, 0.717) is 23.9 Å². The molecule has 0 fully saturated rings. The van der Waals surface area contributed by atoms with Gasteiger partial charge in [-0.1, -0.05) is 24.3 Å². The maximum atomic E-state index is 13.1. The Bertz CT molecular complexity index is 967. The van der Waals surface area contributed by atoms with E-state index in [0.717, 1.165) is 29.2 Å². The minimum atomic E-state index is -0.0398. The van der Waals surface area contributed by atoms with Gasteiger partial charge in [0.2, 0.25) is 11.8 Å². The highest BCUT2D eigenvalue weighted by molar-refractivity contribution is 7.16. The number of carbonyl (C=O) groups excluding carboxylic acids is 1. The highest BCUT2D eigenvalue weighted by atomic mass is 32.1. The molecular formula is C22H23N3O2S. The van der Waals surface area contributed by atoms with Crippen LogP contribution in [-0.2, 0) is 24.1 Å². The van der Waals surface area contributed by atoms with E-state index in [1.165, 1.54) is 17.7 Å². The molecule has 0 saturated heterocycles. The Balaban J connectivity index is 1.56. The number of thiazole rings is 1. The molecule has 1 aliphatic carbocycles. The second-order valence-corrected chi connectivity index (χ2v) is 7.99. The van der Waals surface area contributed by atoms with Crippen LogP contribution < -0.4 is 4.90 Å². The van der Waals surface area contributed by atoms with Crippen molar-refractivity contribution in [1.29, 1.82) is 0 Å². The van der Waals surface area contributed by atoms with Crippen LogP contribution in [0.5, 0.6) is 0 Å². The first-order chi connectivity index (χ1) is 13.7. The first-order valence-electron chi connectivity index (χ1n) is 9.57. The first kappa shape index (κ1) is 18.6. The lowest BCUT2D eigenvalue weighted by molar-refractivity contribution is -0.117. The third-order valence-corrected chi connectivity index (χ3v) is 6.09. The van der Waals surface area contributed by atoms with Crippen molar-refractivity contribution in [2.24, 2.45) is 0 Å². The number of hydrogen-bond donors (Lipinski definition) is 0. The summed E-state index contributed by atoms with van der Waals surface area (Å²) in [6.07, 6.45) is 6.36. The largest absolute Gasteiger partial charge is 0.441 e. The number of nitrogens with zero attached hydrogens (tertiary/aromatic N) is 3. The summed E-state index contributed by atoms with van der Waals surface area (Å²) in [5, 5.41) is 0.765. The molecule has 28 heavy (non-hydrogen) atoms. The van der Waals surface area contributed by atoms with E-state index >= 15 is 0 Å². The number of benzene rings is 1. The zero-order chi connectivity index (χ0) is 19.5. The average molecular weight is 394 g/mol. The summed E-state index contributed by atoms with van der Waals surface area (Å²) in [7, 11) is 0. The van der Waals surface area contributed by atoms with Crippen LogP contribution >= 0.6 is 11.3 Å². The van der Waals surface area contributed by atoms with Crippen molar-refractivity contribution in [3.8, 4) is 11.5 Å². The molecule has 0 spiro atoms. The molecular weight excluding hydrogens is 370 g/mol. The van der Waals surface area contributed by atoms with E-state index in [1.807, 2.05) is 37.3 Å². The van der Waals surface area contributed by atoms with E-state index < -0.39 is 0 Å². The topological polar surface area (TPSA) is 59.2 Å². The lowest BCUT2D eigenvalue weighted by Gasteiger charge is -2.17. The van der Waals surface area contributed by atoms with Gasteiger partial charge in [0.15, 0.2) is 5.13 Å². The van der Waals surface area contributed by atoms with Crippen molar-refractivity contribution >= 4 is 22.4 Å². The standard InChI is InChI=1S/C22H23N3O2S/c1-3-13-25(22-24-17-11-7-8-12-19(17)28-22)20(26)14-18-15(2)27-21(23-18)16-9-5-4-6-10-16/h3-6,9-10H,1,7-8,11-14H2,2H3. The fourth-order valence-corrected chi connectivity index (χ4v) is 4.58. The van der Waals surface area contributed by atoms with E-state index in [2.05, 4.69) is 11.6 Å². The molecule has 4 rings (SSSR count). The Morgan fingerprint density at radius 3 is 2.79 bits per heavy atom. The van der Waals surface area contributed by atoms with Crippen molar-refractivity contribution < 1.29 is 9.21 Å². The molecule has 1 aliphatic rings. The van der Waals surface area contributed by atoms with Crippen LogP contribution in [0, 0.1) is 6.92 Å². The van der Waals surface area contributed by atoms with Crippen LogP contribution in [-0.4, -0.2) is 22.4 Å². The van der Waals surface area contributed by atoms with Crippen molar-refractivity contribution in [2.75, 3.05) is 11.4 Å². The summed E-state index contributed by atoms with van der Waals surface area (Å²) in [6.45, 7) is 6.09. The van der Waals surface area contributed by atoms with E-state index in [4.69, 9.17) is 9.40 Å². The van der Waals surface area contributed by atoms with Crippen LogP contribution in [0.4, 0.5) is 5.13 Å². The van der Waals surface area contributed by atoms with Gasteiger partial charge in [0.25, 0.3) is 0 Å². The molecule has 1 amide bonds. The quantitative estimate of drug-likeness (QED) is 0.567. The Hall–Kier alpha value is -2.73. The maximum absolute atomic E-state index is 13.1. The Morgan fingerprint density at radius 2 is 2.04 bits per heavy atom. The van der Waals surface area contributed by atoms with E-state index in [9.17, 15) is 4.79 Å². The van der Waals surface area contributed by atoms with Crippen LogP contribution in [0.1, 0.15) is 34.9 Å². The Morgan fingerprint density at radius 1 is 1.25 bits per heavy atom. The SMILES string of the molecule is C=CCN(C(=O)Cc1nc(-c2ccccc2)oc1C)c1nc2c(s1)CCCC2. The number of oxazole rings is 1. The van der Waals surface area contributed by atoms with E-state index in [-0.39, 0.29) is 12.3 Å². The lowest BCUT2D eigenvalue weighted by atomic mass is 10.0. The predicted molar refractivity (Wildman–Crippen MR) is 112 cm³/mol. The third-order valence-electron chi connectivity index (χ3n) is 4.91. The van der Waals surface area contributed by atoms with Gasteiger partial charge in [0.1, 0.15) is 5.76 Å². The normalized spacial score (nSPS) is 13.2. The number of fused-ring (bicyclic) bond motifs is 1.